The molecule has 2 unspecified atom stereocenters. The third-order valence-electron chi connectivity index (χ3n) is 4.65. The van der Waals surface area contributed by atoms with Gasteiger partial charge in [-0.3, -0.25) is 0 Å². The van der Waals surface area contributed by atoms with E-state index in [1.165, 1.54) is 12.8 Å². The van der Waals surface area contributed by atoms with E-state index in [1.807, 2.05) is 23.4 Å². The van der Waals surface area contributed by atoms with Crippen molar-refractivity contribution < 1.29 is 8.42 Å². The highest BCUT2D eigenvalue weighted by molar-refractivity contribution is 7.89. The van der Waals surface area contributed by atoms with Crippen molar-refractivity contribution in [2.45, 2.75) is 62.9 Å². The molecule has 4 heteroatoms. The van der Waals surface area contributed by atoms with Gasteiger partial charge in [-0.15, -0.1) is 0 Å². The molecule has 1 heterocycles. The third kappa shape index (κ3) is 2.51. The van der Waals surface area contributed by atoms with Crippen LogP contribution >= 0.6 is 0 Å². The van der Waals surface area contributed by atoms with E-state index in [1.54, 1.807) is 12.1 Å². The summed E-state index contributed by atoms with van der Waals surface area (Å²) in [5, 5.41) is 0. The maximum atomic E-state index is 13.0. The van der Waals surface area contributed by atoms with Crippen LogP contribution < -0.4 is 0 Å². The van der Waals surface area contributed by atoms with Crippen molar-refractivity contribution in [3.8, 4) is 0 Å². The summed E-state index contributed by atoms with van der Waals surface area (Å²) in [6.45, 7) is 4.03. The minimum absolute atomic E-state index is 0.126. The van der Waals surface area contributed by atoms with Crippen molar-refractivity contribution in [1.29, 1.82) is 0 Å². The van der Waals surface area contributed by atoms with Crippen LogP contribution in [0, 0.1) is 12.8 Å². The van der Waals surface area contributed by atoms with Gasteiger partial charge in [-0.05, 0) is 57.6 Å². The van der Waals surface area contributed by atoms with E-state index in [4.69, 9.17) is 0 Å². The van der Waals surface area contributed by atoms with Gasteiger partial charge in [-0.2, -0.15) is 4.31 Å². The minimum atomic E-state index is -3.35. The Morgan fingerprint density at radius 1 is 1.05 bits per heavy atom. The van der Waals surface area contributed by atoms with Crippen molar-refractivity contribution in [3.05, 3.63) is 29.8 Å². The highest BCUT2D eigenvalue weighted by Crippen LogP contribution is 2.43. The molecular formula is C16H23NO2S. The fourth-order valence-electron chi connectivity index (χ4n) is 3.38. The largest absolute Gasteiger partial charge is 0.243 e. The van der Waals surface area contributed by atoms with Crippen LogP contribution in [-0.4, -0.2) is 24.8 Å². The number of sulfonamides is 1. The van der Waals surface area contributed by atoms with Gasteiger partial charge in [0.25, 0.3) is 0 Å². The number of nitrogens with zero attached hydrogens (tertiary/aromatic N) is 1. The molecule has 2 aliphatic rings. The molecule has 1 saturated carbocycles. The first kappa shape index (κ1) is 14.1. The Balaban J connectivity index is 1.96. The number of piperidine rings is 1. The first-order valence-electron chi connectivity index (χ1n) is 7.60. The fourth-order valence-corrected chi connectivity index (χ4v) is 5.31. The van der Waals surface area contributed by atoms with Crippen LogP contribution in [0.5, 0.6) is 0 Å². The summed E-state index contributed by atoms with van der Waals surface area (Å²) >= 11 is 0. The molecule has 2 atom stereocenters. The van der Waals surface area contributed by atoms with Crippen molar-refractivity contribution in [3.63, 3.8) is 0 Å². The second kappa shape index (κ2) is 5.15. The molecule has 0 spiro atoms. The Hall–Kier alpha value is -0.870. The standard InChI is InChI=1S/C16H23NO2S/c1-12-6-10-15(11-7-12)20(18,19)17-13(2)4-3-5-16(17)14-8-9-14/h6-7,10-11,13-14,16H,3-5,8-9H2,1-2H3. The van der Waals surface area contributed by atoms with Crippen molar-refractivity contribution in [2.75, 3.05) is 0 Å². The Kier molecular flexibility index (Phi) is 3.63. The molecule has 20 heavy (non-hydrogen) atoms. The van der Waals surface area contributed by atoms with Crippen LogP contribution in [0.1, 0.15) is 44.6 Å². The van der Waals surface area contributed by atoms with Crippen LogP contribution in [0.2, 0.25) is 0 Å². The first-order chi connectivity index (χ1) is 9.50. The number of hydrogen-bond acceptors (Lipinski definition) is 2. The molecule has 1 aromatic carbocycles. The van der Waals surface area contributed by atoms with Crippen LogP contribution in [0.15, 0.2) is 29.2 Å². The van der Waals surface area contributed by atoms with Crippen LogP contribution in [0.25, 0.3) is 0 Å². The van der Waals surface area contributed by atoms with Crippen LogP contribution in [-0.2, 0) is 10.0 Å². The van der Waals surface area contributed by atoms with Gasteiger partial charge < -0.3 is 0 Å². The molecular weight excluding hydrogens is 270 g/mol. The molecule has 1 aromatic rings. The van der Waals surface area contributed by atoms with Gasteiger partial charge in [0.15, 0.2) is 0 Å². The summed E-state index contributed by atoms with van der Waals surface area (Å²) in [5.74, 6) is 0.595. The lowest BCUT2D eigenvalue weighted by Gasteiger charge is -2.39. The predicted molar refractivity (Wildman–Crippen MR) is 80.0 cm³/mol. The minimum Gasteiger partial charge on any atom is -0.207 e. The quantitative estimate of drug-likeness (QED) is 0.857. The Morgan fingerprint density at radius 3 is 2.30 bits per heavy atom. The van der Waals surface area contributed by atoms with E-state index in [-0.39, 0.29) is 12.1 Å². The molecule has 2 fully saturated rings. The van der Waals surface area contributed by atoms with E-state index in [2.05, 4.69) is 6.92 Å². The molecule has 3 rings (SSSR count). The summed E-state index contributed by atoms with van der Waals surface area (Å²) in [4.78, 5) is 0.447. The average Bonchev–Trinajstić information content (AvgIpc) is 3.23. The predicted octanol–water partition coefficient (Wildman–Crippen LogP) is 3.34. The Labute approximate surface area is 122 Å². The first-order valence-corrected chi connectivity index (χ1v) is 9.04. The van der Waals surface area contributed by atoms with Gasteiger partial charge in [0.2, 0.25) is 10.0 Å². The monoisotopic (exact) mass is 293 g/mol. The highest BCUT2D eigenvalue weighted by Gasteiger charge is 2.44. The highest BCUT2D eigenvalue weighted by atomic mass is 32.2. The molecule has 0 bridgehead atoms. The zero-order valence-electron chi connectivity index (χ0n) is 12.2. The van der Waals surface area contributed by atoms with Crippen molar-refractivity contribution >= 4 is 10.0 Å². The van der Waals surface area contributed by atoms with E-state index >= 15 is 0 Å². The topological polar surface area (TPSA) is 37.4 Å². The summed E-state index contributed by atoms with van der Waals surface area (Å²) in [6, 6.07) is 7.61. The van der Waals surface area contributed by atoms with Crippen molar-refractivity contribution in [2.24, 2.45) is 5.92 Å². The molecule has 0 N–H and O–H groups in total. The van der Waals surface area contributed by atoms with Gasteiger partial charge in [0, 0.05) is 12.1 Å². The van der Waals surface area contributed by atoms with Crippen molar-refractivity contribution in [1.82, 2.24) is 4.31 Å². The number of rotatable bonds is 3. The second-order valence-electron chi connectivity index (χ2n) is 6.33. The number of hydrogen-bond donors (Lipinski definition) is 0. The number of benzene rings is 1. The summed E-state index contributed by atoms with van der Waals surface area (Å²) in [6.07, 6.45) is 5.55. The molecule has 0 amide bonds. The Bertz CT molecular complexity index is 575. The molecule has 1 saturated heterocycles. The summed E-state index contributed by atoms with van der Waals surface area (Å²) < 4.78 is 27.8. The maximum absolute atomic E-state index is 13.0. The molecule has 1 aliphatic heterocycles. The zero-order valence-corrected chi connectivity index (χ0v) is 13.1. The zero-order chi connectivity index (χ0) is 14.3. The normalized spacial score (nSPS) is 28.5. The Morgan fingerprint density at radius 2 is 1.70 bits per heavy atom. The molecule has 1 aliphatic carbocycles. The van der Waals surface area contributed by atoms with Crippen LogP contribution in [0.3, 0.4) is 0 Å². The molecule has 3 nitrogen and oxygen atoms in total. The summed E-state index contributed by atoms with van der Waals surface area (Å²) in [5.41, 5.74) is 1.09. The van der Waals surface area contributed by atoms with Gasteiger partial charge >= 0.3 is 0 Å². The van der Waals surface area contributed by atoms with E-state index in [9.17, 15) is 8.42 Å². The SMILES string of the molecule is Cc1ccc(S(=O)(=O)N2C(C)CCCC2C2CC2)cc1. The molecule has 110 valence electrons. The molecule has 0 radical (unpaired) electrons. The van der Waals surface area contributed by atoms with Crippen LogP contribution in [0.4, 0.5) is 0 Å². The lowest BCUT2D eigenvalue weighted by atomic mass is 9.96. The molecule has 0 aromatic heterocycles. The average molecular weight is 293 g/mol. The smallest absolute Gasteiger partial charge is 0.207 e. The summed E-state index contributed by atoms with van der Waals surface area (Å²) in [7, 11) is -3.35. The second-order valence-corrected chi connectivity index (χ2v) is 8.18. The van der Waals surface area contributed by atoms with Gasteiger partial charge in [0.1, 0.15) is 0 Å². The lowest BCUT2D eigenvalue weighted by molar-refractivity contribution is 0.173. The third-order valence-corrected chi connectivity index (χ3v) is 6.70. The fraction of sp³-hybridized carbons (Fsp3) is 0.625. The maximum Gasteiger partial charge on any atom is 0.243 e. The van der Waals surface area contributed by atoms with E-state index in [0.29, 0.717) is 10.8 Å². The number of aryl methyl sites for hydroxylation is 1. The van der Waals surface area contributed by atoms with E-state index < -0.39 is 10.0 Å². The van der Waals surface area contributed by atoms with Gasteiger partial charge in [-0.25, -0.2) is 8.42 Å². The van der Waals surface area contributed by atoms with Gasteiger partial charge in [0.05, 0.1) is 4.90 Å². The van der Waals surface area contributed by atoms with Gasteiger partial charge in [-0.1, -0.05) is 24.1 Å². The lowest BCUT2D eigenvalue weighted by Crippen LogP contribution is -2.49. The van der Waals surface area contributed by atoms with E-state index in [0.717, 1.165) is 24.8 Å².